The first-order chi connectivity index (χ1) is 15.9. The largest absolute Gasteiger partial charge is 0.497 e. The Labute approximate surface area is 193 Å². The second-order valence-corrected chi connectivity index (χ2v) is 9.19. The summed E-state index contributed by atoms with van der Waals surface area (Å²) in [5, 5.41) is 8.83. The minimum atomic E-state index is -3.76. The summed E-state index contributed by atoms with van der Waals surface area (Å²) in [5.74, 6) is 0.924. The highest BCUT2D eigenvalue weighted by Crippen LogP contribution is 2.20. The summed E-state index contributed by atoms with van der Waals surface area (Å²) in [4.78, 5) is 16.4. The van der Waals surface area contributed by atoms with Crippen LogP contribution in [0.25, 0.3) is 0 Å². The number of carbonyl (C=O) groups is 1. The molecule has 4 rings (SSSR count). The third kappa shape index (κ3) is 5.67. The fourth-order valence-corrected chi connectivity index (χ4v) is 4.52. The molecule has 170 valence electrons. The predicted molar refractivity (Wildman–Crippen MR) is 123 cm³/mol. The highest BCUT2D eigenvalue weighted by molar-refractivity contribution is 7.93. The molecular weight excluding hydrogens is 466 g/mol. The van der Waals surface area contributed by atoms with Gasteiger partial charge in [0.05, 0.1) is 12.0 Å². The van der Waals surface area contributed by atoms with Gasteiger partial charge in [-0.25, -0.2) is 18.1 Å². The minimum absolute atomic E-state index is 0.0515. The Bertz CT molecular complexity index is 1320. The van der Waals surface area contributed by atoms with Crippen molar-refractivity contribution in [3.63, 3.8) is 0 Å². The molecule has 0 unspecified atom stereocenters. The average molecular weight is 486 g/mol. The monoisotopic (exact) mass is 485 g/mol. The molecule has 33 heavy (non-hydrogen) atoms. The van der Waals surface area contributed by atoms with Crippen LogP contribution in [0.3, 0.4) is 0 Å². The van der Waals surface area contributed by atoms with E-state index in [9.17, 15) is 13.2 Å². The standard InChI is InChI=1S/C21H19N5O5S2/c1-30-16-4-6-17(7-5-16)31-14-26-12-10-19(24-26)20(27)23-15-2-8-18(9-3-15)33(28,29)25-21-22-11-13-32-21/h2-13H,14H2,1H3,(H,22,25)(H,23,27). The van der Waals surface area contributed by atoms with Crippen molar-refractivity contribution in [3.05, 3.63) is 78.1 Å². The van der Waals surface area contributed by atoms with Gasteiger partial charge in [-0.1, -0.05) is 0 Å². The number of nitrogens with one attached hydrogen (secondary N) is 2. The molecule has 0 bridgehead atoms. The molecular formula is C21H19N5O5S2. The zero-order valence-electron chi connectivity index (χ0n) is 17.3. The molecule has 0 aliphatic rings. The molecule has 2 aromatic heterocycles. The van der Waals surface area contributed by atoms with E-state index in [1.54, 1.807) is 49.0 Å². The van der Waals surface area contributed by atoms with Gasteiger partial charge in [0.2, 0.25) is 0 Å². The van der Waals surface area contributed by atoms with Gasteiger partial charge in [-0.15, -0.1) is 11.3 Å². The molecule has 2 aromatic carbocycles. The van der Waals surface area contributed by atoms with E-state index in [2.05, 4.69) is 20.1 Å². The molecule has 10 nitrogen and oxygen atoms in total. The first-order valence-electron chi connectivity index (χ1n) is 9.57. The molecule has 0 fully saturated rings. The van der Waals surface area contributed by atoms with Gasteiger partial charge in [0.1, 0.15) is 11.5 Å². The third-order valence-corrected chi connectivity index (χ3v) is 6.55. The van der Waals surface area contributed by atoms with Gasteiger partial charge in [-0.05, 0) is 54.6 Å². The Kier molecular flexibility index (Phi) is 6.56. The number of sulfonamides is 1. The zero-order valence-corrected chi connectivity index (χ0v) is 19.0. The maximum Gasteiger partial charge on any atom is 0.276 e. The summed E-state index contributed by atoms with van der Waals surface area (Å²) in [7, 11) is -2.17. The lowest BCUT2D eigenvalue weighted by Crippen LogP contribution is -2.15. The number of thiazole rings is 1. The van der Waals surface area contributed by atoms with E-state index in [0.29, 0.717) is 11.4 Å². The summed E-state index contributed by atoms with van der Waals surface area (Å²) in [5.41, 5.74) is 0.618. The number of rotatable bonds is 9. The highest BCUT2D eigenvalue weighted by atomic mass is 32.2. The first-order valence-corrected chi connectivity index (χ1v) is 11.9. The van der Waals surface area contributed by atoms with Gasteiger partial charge in [-0.3, -0.25) is 9.52 Å². The summed E-state index contributed by atoms with van der Waals surface area (Å²) in [6.45, 7) is 0.123. The lowest BCUT2D eigenvalue weighted by Gasteiger charge is -2.08. The molecule has 12 heteroatoms. The van der Waals surface area contributed by atoms with Crippen LogP contribution < -0.4 is 19.5 Å². The van der Waals surface area contributed by atoms with E-state index >= 15 is 0 Å². The molecule has 4 aromatic rings. The Hall–Kier alpha value is -3.90. The van der Waals surface area contributed by atoms with Crippen LogP contribution in [0.4, 0.5) is 10.8 Å². The van der Waals surface area contributed by atoms with E-state index in [0.717, 1.165) is 5.75 Å². The van der Waals surface area contributed by atoms with Crippen molar-refractivity contribution in [2.24, 2.45) is 0 Å². The number of anilines is 2. The van der Waals surface area contributed by atoms with E-state index < -0.39 is 15.9 Å². The van der Waals surface area contributed by atoms with Crippen molar-refractivity contribution in [1.29, 1.82) is 0 Å². The van der Waals surface area contributed by atoms with Crippen molar-refractivity contribution in [1.82, 2.24) is 14.8 Å². The lowest BCUT2D eigenvalue weighted by molar-refractivity contribution is 0.102. The number of hydrogen-bond donors (Lipinski definition) is 2. The number of benzene rings is 2. The van der Waals surface area contributed by atoms with Crippen LogP contribution in [0.2, 0.25) is 0 Å². The number of ether oxygens (including phenoxy) is 2. The van der Waals surface area contributed by atoms with Crippen LogP contribution in [-0.4, -0.2) is 36.2 Å². The minimum Gasteiger partial charge on any atom is -0.497 e. The molecule has 0 spiro atoms. The van der Waals surface area contributed by atoms with Gasteiger partial charge >= 0.3 is 0 Å². The lowest BCUT2D eigenvalue weighted by atomic mass is 10.3. The second-order valence-electron chi connectivity index (χ2n) is 6.61. The molecule has 0 saturated carbocycles. The fraction of sp³-hybridized carbons (Fsp3) is 0.0952. The van der Waals surface area contributed by atoms with E-state index in [1.165, 1.54) is 46.5 Å². The van der Waals surface area contributed by atoms with E-state index in [-0.39, 0.29) is 22.5 Å². The number of aromatic nitrogens is 3. The molecule has 0 saturated heterocycles. The number of nitrogens with zero attached hydrogens (tertiary/aromatic N) is 3. The zero-order chi connectivity index (χ0) is 23.3. The topological polar surface area (TPSA) is 124 Å². The van der Waals surface area contributed by atoms with Crippen molar-refractivity contribution in [3.8, 4) is 11.5 Å². The summed E-state index contributed by atoms with van der Waals surface area (Å²) >= 11 is 1.18. The van der Waals surface area contributed by atoms with Crippen molar-refractivity contribution < 1.29 is 22.7 Å². The number of methoxy groups -OCH3 is 1. The van der Waals surface area contributed by atoms with Crippen molar-refractivity contribution in [2.75, 3.05) is 17.1 Å². The number of amides is 1. The molecule has 0 aliphatic carbocycles. The van der Waals surface area contributed by atoms with Crippen LogP contribution in [0.1, 0.15) is 10.5 Å². The van der Waals surface area contributed by atoms with Crippen LogP contribution in [0.5, 0.6) is 11.5 Å². The summed E-state index contributed by atoms with van der Waals surface area (Å²) in [6, 6.07) is 14.4. The SMILES string of the molecule is COc1ccc(OCn2ccc(C(=O)Nc3ccc(S(=O)(=O)Nc4nccs4)cc3)n2)cc1. The number of carbonyl (C=O) groups excluding carboxylic acids is 1. The van der Waals surface area contributed by atoms with Crippen LogP contribution in [-0.2, 0) is 16.8 Å². The summed E-state index contributed by atoms with van der Waals surface area (Å²) in [6.07, 6.45) is 3.13. The molecule has 2 N–H and O–H groups in total. The molecule has 0 atom stereocenters. The van der Waals surface area contributed by atoms with Crippen LogP contribution in [0, 0.1) is 0 Å². The second kappa shape index (κ2) is 9.71. The van der Waals surface area contributed by atoms with Crippen molar-refractivity contribution >= 4 is 38.1 Å². The average Bonchev–Trinajstić information content (AvgIpc) is 3.50. The predicted octanol–water partition coefficient (Wildman–Crippen LogP) is 3.44. The Morgan fingerprint density at radius 1 is 1.06 bits per heavy atom. The smallest absolute Gasteiger partial charge is 0.276 e. The number of hydrogen-bond acceptors (Lipinski definition) is 8. The Morgan fingerprint density at radius 2 is 1.79 bits per heavy atom. The van der Waals surface area contributed by atoms with Gasteiger partial charge in [0.15, 0.2) is 17.6 Å². The van der Waals surface area contributed by atoms with Gasteiger partial charge in [0, 0.05) is 23.5 Å². The maximum atomic E-state index is 12.5. The third-order valence-electron chi connectivity index (χ3n) is 4.37. The van der Waals surface area contributed by atoms with Gasteiger partial charge in [0.25, 0.3) is 15.9 Å². The maximum absolute atomic E-state index is 12.5. The highest BCUT2D eigenvalue weighted by Gasteiger charge is 2.16. The summed E-state index contributed by atoms with van der Waals surface area (Å²) < 4.78 is 39.4. The Morgan fingerprint density at radius 3 is 2.45 bits per heavy atom. The molecule has 0 aliphatic heterocycles. The molecule has 2 heterocycles. The molecule has 0 radical (unpaired) electrons. The fourth-order valence-electron chi connectivity index (χ4n) is 2.73. The van der Waals surface area contributed by atoms with Crippen molar-refractivity contribution in [2.45, 2.75) is 11.6 Å². The van der Waals surface area contributed by atoms with Crippen LogP contribution in [0.15, 0.2) is 77.3 Å². The van der Waals surface area contributed by atoms with E-state index in [1.807, 2.05) is 0 Å². The van der Waals surface area contributed by atoms with Gasteiger partial charge < -0.3 is 14.8 Å². The quantitative estimate of drug-likeness (QED) is 0.372. The van der Waals surface area contributed by atoms with Gasteiger partial charge in [-0.2, -0.15) is 5.10 Å². The first kappa shape index (κ1) is 22.3. The molecule has 1 amide bonds. The Balaban J connectivity index is 1.34. The van der Waals surface area contributed by atoms with Crippen LogP contribution >= 0.6 is 11.3 Å². The normalized spacial score (nSPS) is 11.1. The van der Waals surface area contributed by atoms with E-state index in [4.69, 9.17) is 9.47 Å².